The number of hydrogen-bond donors (Lipinski definition) is 3. The highest BCUT2D eigenvalue weighted by atomic mass is 19.1. The number of carbonyl (C=O) groups excluding carboxylic acids is 2. The molecule has 2 saturated heterocycles. The maximum Gasteiger partial charge on any atom is 0.337 e. The molecule has 2 fully saturated rings. The van der Waals surface area contributed by atoms with Gasteiger partial charge >= 0.3 is 6.03 Å². The first-order valence-corrected chi connectivity index (χ1v) is 14.9. The van der Waals surface area contributed by atoms with Gasteiger partial charge in [-0.25, -0.2) is 28.7 Å². The van der Waals surface area contributed by atoms with Crippen molar-refractivity contribution in [2.75, 3.05) is 54.5 Å². The van der Waals surface area contributed by atoms with Crippen LogP contribution in [0.1, 0.15) is 12.0 Å². The summed E-state index contributed by atoms with van der Waals surface area (Å²) in [7, 11) is 0. The first-order valence-electron chi connectivity index (χ1n) is 14.9. The van der Waals surface area contributed by atoms with Gasteiger partial charge in [0.05, 0.1) is 19.8 Å². The van der Waals surface area contributed by atoms with Gasteiger partial charge in [0.2, 0.25) is 6.41 Å². The van der Waals surface area contributed by atoms with E-state index in [4.69, 9.17) is 9.47 Å². The molecular formula is C32H34F2N8O4. The molecule has 0 unspecified atom stereocenters. The Morgan fingerprint density at radius 3 is 2.33 bits per heavy atom. The van der Waals surface area contributed by atoms with Crippen molar-refractivity contribution >= 4 is 29.5 Å². The molecule has 0 radical (unpaired) electrons. The molecule has 3 heterocycles. The summed E-state index contributed by atoms with van der Waals surface area (Å²) >= 11 is 0. The number of anilines is 3. The molecule has 2 atom stereocenters. The molecule has 46 heavy (non-hydrogen) atoms. The Hall–Kier alpha value is -5.24. The first kappa shape index (κ1) is 30.8. The second-order valence-corrected chi connectivity index (χ2v) is 11.3. The first-order chi connectivity index (χ1) is 22.4. The minimum atomic E-state index is -1.02. The van der Waals surface area contributed by atoms with E-state index in [0.29, 0.717) is 37.3 Å². The topological polar surface area (TPSA) is 126 Å². The standard InChI is InChI=1S/C32H34F2N8O4/c33-24-1-10-29(30(34)15-24)32(19-42-21-35-20-37-42)16-23(18-46-32)17-45-28-8-6-27(7-9-28)41-13-11-40(12-14-41)26-4-2-25(3-5-26)38-31(44)39-36-22-43/h1-10,15,20-23H,11-14,16-19H2,(H,36,43)(H2,38,39,44)/t23-,32+/m1/s1. The number of halogens is 2. The molecule has 4 aromatic rings. The molecule has 2 aliphatic heterocycles. The summed E-state index contributed by atoms with van der Waals surface area (Å²) in [5.74, 6) is -0.574. The zero-order chi connectivity index (χ0) is 31.9. The van der Waals surface area contributed by atoms with Crippen LogP contribution in [0, 0.1) is 17.6 Å². The lowest BCUT2D eigenvalue weighted by molar-refractivity contribution is -0.110. The zero-order valence-corrected chi connectivity index (χ0v) is 24.9. The van der Waals surface area contributed by atoms with Crippen molar-refractivity contribution in [1.29, 1.82) is 0 Å². The molecule has 0 spiro atoms. The molecule has 0 aliphatic carbocycles. The Morgan fingerprint density at radius 1 is 1.00 bits per heavy atom. The number of ether oxygens (including phenoxy) is 2. The quantitative estimate of drug-likeness (QED) is 0.169. The van der Waals surface area contributed by atoms with Crippen LogP contribution in [0.3, 0.4) is 0 Å². The van der Waals surface area contributed by atoms with Crippen LogP contribution >= 0.6 is 0 Å². The van der Waals surface area contributed by atoms with Gasteiger partial charge in [-0.15, -0.1) is 0 Å². The average molecular weight is 633 g/mol. The van der Waals surface area contributed by atoms with Gasteiger partial charge in [0.15, 0.2) is 0 Å². The van der Waals surface area contributed by atoms with E-state index in [1.807, 2.05) is 48.5 Å². The van der Waals surface area contributed by atoms with E-state index in [-0.39, 0.29) is 12.5 Å². The van der Waals surface area contributed by atoms with Gasteiger partial charge in [0, 0.05) is 60.8 Å². The molecule has 1 aromatic heterocycles. The number of amides is 3. The highest BCUT2D eigenvalue weighted by molar-refractivity contribution is 5.89. The van der Waals surface area contributed by atoms with Crippen LogP contribution in [0.2, 0.25) is 0 Å². The van der Waals surface area contributed by atoms with E-state index in [1.165, 1.54) is 18.5 Å². The molecule has 14 heteroatoms. The molecule has 2 aliphatic rings. The summed E-state index contributed by atoms with van der Waals surface area (Å²) in [6.07, 6.45) is 3.82. The van der Waals surface area contributed by atoms with E-state index >= 15 is 0 Å². The normalized spacial score (nSPS) is 19.5. The van der Waals surface area contributed by atoms with E-state index in [9.17, 15) is 18.4 Å². The van der Waals surface area contributed by atoms with E-state index in [0.717, 1.165) is 49.4 Å². The Kier molecular flexibility index (Phi) is 9.24. The van der Waals surface area contributed by atoms with E-state index in [2.05, 4.69) is 36.1 Å². The van der Waals surface area contributed by atoms with Gasteiger partial charge in [-0.2, -0.15) is 5.10 Å². The molecule has 3 aromatic carbocycles. The monoisotopic (exact) mass is 632 g/mol. The SMILES string of the molecule is O=CNNC(=O)Nc1ccc(N2CCN(c3ccc(OC[C@@H]4CO[C@@](Cn5cncn5)(c5ccc(F)cc5F)C4)cc3)CC2)cc1. The van der Waals surface area contributed by atoms with Crippen LogP contribution in [-0.2, 0) is 21.7 Å². The van der Waals surface area contributed by atoms with Crippen LogP contribution in [-0.4, -0.2) is 66.6 Å². The Morgan fingerprint density at radius 2 is 1.70 bits per heavy atom. The van der Waals surface area contributed by atoms with Crippen molar-refractivity contribution in [1.82, 2.24) is 25.6 Å². The Bertz CT molecular complexity index is 1620. The van der Waals surface area contributed by atoms with Crippen molar-refractivity contribution in [2.24, 2.45) is 5.92 Å². The predicted molar refractivity (Wildman–Crippen MR) is 166 cm³/mol. The number of nitrogens with one attached hydrogen (secondary N) is 3. The summed E-state index contributed by atoms with van der Waals surface area (Å²) < 4.78 is 42.5. The smallest absolute Gasteiger partial charge is 0.337 e. The summed E-state index contributed by atoms with van der Waals surface area (Å²) in [4.78, 5) is 30.6. The van der Waals surface area contributed by atoms with Crippen molar-refractivity contribution < 1.29 is 27.8 Å². The van der Waals surface area contributed by atoms with Gasteiger partial charge in [-0.05, 0) is 61.0 Å². The van der Waals surface area contributed by atoms with Crippen LogP contribution in [0.15, 0.2) is 79.4 Å². The van der Waals surface area contributed by atoms with Crippen molar-refractivity contribution in [3.8, 4) is 5.75 Å². The van der Waals surface area contributed by atoms with Crippen LogP contribution in [0.25, 0.3) is 0 Å². The maximum atomic E-state index is 14.9. The second kappa shape index (κ2) is 13.8. The van der Waals surface area contributed by atoms with Crippen molar-refractivity contribution in [3.05, 3.63) is 96.6 Å². The van der Waals surface area contributed by atoms with Crippen LogP contribution in [0.5, 0.6) is 5.75 Å². The van der Waals surface area contributed by atoms with Gasteiger partial charge in [-0.3, -0.25) is 10.2 Å². The summed E-state index contributed by atoms with van der Waals surface area (Å²) in [6.45, 7) is 4.34. The van der Waals surface area contributed by atoms with Gasteiger partial charge < -0.3 is 24.6 Å². The third kappa shape index (κ3) is 7.18. The van der Waals surface area contributed by atoms with E-state index < -0.39 is 23.3 Å². The van der Waals surface area contributed by atoms with Crippen molar-refractivity contribution in [3.63, 3.8) is 0 Å². The van der Waals surface area contributed by atoms with Gasteiger partial charge in [-0.1, -0.05) is 6.07 Å². The number of piperazine rings is 1. The Balaban J connectivity index is 1.00. The lowest BCUT2D eigenvalue weighted by Crippen LogP contribution is -2.46. The second-order valence-electron chi connectivity index (χ2n) is 11.3. The molecule has 240 valence electrons. The number of rotatable bonds is 11. The molecule has 3 N–H and O–H groups in total. The largest absolute Gasteiger partial charge is 0.493 e. The summed E-state index contributed by atoms with van der Waals surface area (Å²) in [6, 6.07) is 18.6. The molecule has 12 nitrogen and oxygen atoms in total. The number of hydrogen-bond acceptors (Lipinski definition) is 8. The number of benzene rings is 3. The summed E-state index contributed by atoms with van der Waals surface area (Å²) in [5.41, 5.74) is 6.34. The fourth-order valence-electron chi connectivity index (χ4n) is 5.99. The number of nitrogens with zero attached hydrogens (tertiary/aromatic N) is 5. The molecule has 0 bridgehead atoms. The van der Waals surface area contributed by atoms with Gasteiger partial charge in [0.25, 0.3) is 0 Å². The average Bonchev–Trinajstić information content (AvgIpc) is 3.74. The lowest BCUT2D eigenvalue weighted by Gasteiger charge is -2.37. The predicted octanol–water partition coefficient (Wildman–Crippen LogP) is 3.68. The van der Waals surface area contributed by atoms with Crippen LogP contribution in [0.4, 0.5) is 30.6 Å². The van der Waals surface area contributed by atoms with Crippen LogP contribution < -0.4 is 30.7 Å². The third-order valence-corrected chi connectivity index (χ3v) is 8.22. The highest BCUT2D eigenvalue weighted by Crippen LogP contribution is 2.42. The fraction of sp³-hybridized carbons (Fsp3) is 0.312. The number of hydrazine groups is 1. The minimum Gasteiger partial charge on any atom is -0.493 e. The maximum absolute atomic E-state index is 14.9. The third-order valence-electron chi connectivity index (χ3n) is 8.22. The Labute approximate surface area is 264 Å². The van der Waals surface area contributed by atoms with Gasteiger partial charge in [0.1, 0.15) is 35.6 Å². The lowest BCUT2D eigenvalue weighted by atomic mass is 9.87. The number of carbonyl (C=O) groups is 2. The number of urea groups is 1. The highest BCUT2D eigenvalue weighted by Gasteiger charge is 2.44. The molecular weight excluding hydrogens is 598 g/mol. The van der Waals surface area contributed by atoms with Crippen molar-refractivity contribution in [2.45, 2.75) is 18.6 Å². The summed E-state index contributed by atoms with van der Waals surface area (Å²) in [5, 5.41) is 6.81. The molecule has 0 saturated carbocycles. The fourth-order valence-corrected chi connectivity index (χ4v) is 5.99. The van der Waals surface area contributed by atoms with E-state index in [1.54, 1.807) is 11.0 Å². The number of aromatic nitrogens is 3. The molecule has 6 rings (SSSR count). The molecule has 3 amide bonds. The minimum absolute atomic E-state index is 0.0119. The zero-order valence-electron chi connectivity index (χ0n) is 24.9.